The second kappa shape index (κ2) is 6.11. The molecule has 0 aliphatic rings. The summed E-state index contributed by atoms with van der Waals surface area (Å²) >= 11 is 4.31. The van der Waals surface area contributed by atoms with E-state index < -0.39 is 5.17 Å². The Balaban J connectivity index is 0.000001000. The van der Waals surface area contributed by atoms with Gasteiger partial charge in [0.15, 0.2) is 0 Å². The summed E-state index contributed by atoms with van der Waals surface area (Å²) in [5.74, 6) is 0. The van der Waals surface area contributed by atoms with Crippen molar-refractivity contribution in [3.63, 3.8) is 0 Å². The van der Waals surface area contributed by atoms with Crippen LogP contribution in [0, 0.1) is 0 Å². The zero-order valence-corrected chi connectivity index (χ0v) is 10.1. The Bertz CT molecular complexity index is 227. The molecule has 0 saturated carbocycles. The normalized spacial score (nSPS) is 8.00. The topological polar surface area (TPSA) is 35.1 Å². The van der Waals surface area contributed by atoms with E-state index in [4.69, 9.17) is 0 Å². The molecule has 4 heteroatoms. The first-order valence-corrected chi connectivity index (χ1v) is 3.23. The molecule has 52 valence electrons. The van der Waals surface area contributed by atoms with E-state index in [-0.39, 0.29) is 51.4 Å². The summed E-state index contributed by atoms with van der Waals surface area (Å²) in [6.45, 7) is 0. The largest absolute Gasteiger partial charge is 1.00 e. The Labute approximate surface area is 113 Å². The number of hydrogen-bond acceptors (Lipinski definition) is 2. The summed E-state index contributed by atoms with van der Waals surface area (Å²) in [5, 5.41) is 12.3. The van der Waals surface area contributed by atoms with Gasteiger partial charge in [-0.15, -0.1) is 0 Å². The molecule has 0 aromatic heterocycles. The Kier molecular flexibility index (Phi) is 6.41. The molecule has 0 atom stereocenters. The fourth-order valence-corrected chi connectivity index (χ4v) is 0.757. The SMILES string of the molecule is [K+].[O-]C(=S)Nc1ccccc1. The first-order chi connectivity index (χ1) is 4.79. The van der Waals surface area contributed by atoms with E-state index in [2.05, 4.69) is 17.5 Å². The molecule has 0 heterocycles. The van der Waals surface area contributed by atoms with Crippen LogP contribution in [0.15, 0.2) is 30.3 Å². The summed E-state index contributed by atoms with van der Waals surface area (Å²) in [6.07, 6.45) is 0. The molecule has 11 heavy (non-hydrogen) atoms. The summed E-state index contributed by atoms with van der Waals surface area (Å²) in [4.78, 5) is 0. The van der Waals surface area contributed by atoms with Gasteiger partial charge in [-0.05, 0) is 12.1 Å². The molecule has 0 aliphatic carbocycles. The van der Waals surface area contributed by atoms with Crippen molar-refractivity contribution in [3.8, 4) is 0 Å². The number of benzene rings is 1. The van der Waals surface area contributed by atoms with Gasteiger partial charge in [-0.3, -0.25) is 0 Å². The third-order valence-electron chi connectivity index (χ3n) is 1.02. The Hall–Kier alpha value is 0.546. The smallest absolute Gasteiger partial charge is 0.852 e. The van der Waals surface area contributed by atoms with Crippen LogP contribution in [0.2, 0.25) is 0 Å². The summed E-state index contributed by atoms with van der Waals surface area (Å²) in [6, 6.07) is 9.11. The first-order valence-electron chi connectivity index (χ1n) is 2.82. The van der Waals surface area contributed by atoms with Crippen molar-refractivity contribution in [2.24, 2.45) is 0 Å². The molecule has 0 bridgehead atoms. The Morgan fingerprint density at radius 3 is 2.27 bits per heavy atom. The van der Waals surface area contributed by atoms with E-state index in [1.807, 2.05) is 18.2 Å². The average molecular weight is 191 g/mol. The van der Waals surface area contributed by atoms with E-state index in [0.717, 1.165) is 5.69 Å². The number of rotatable bonds is 1. The zero-order chi connectivity index (χ0) is 7.40. The quantitative estimate of drug-likeness (QED) is 0.402. The standard InChI is InChI=1S/C7H7NOS.K/c9-7(10)8-6-4-2-1-3-5-6;/h1-5H,(H2,8,9,10);/q;+1/p-1. The minimum atomic E-state index is -0.453. The maximum atomic E-state index is 10.3. The molecular weight excluding hydrogens is 185 g/mol. The summed E-state index contributed by atoms with van der Waals surface area (Å²) in [7, 11) is 0. The number of nitrogens with one attached hydrogen (secondary N) is 1. The average Bonchev–Trinajstić information content (AvgIpc) is 1.88. The van der Waals surface area contributed by atoms with Gasteiger partial charge in [-0.25, -0.2) is 0 Å². The van der Waals surface area contributed by atoms with Crippen molar-refractivity contribution in [2.45, 2.75) is 0 Å². The van der Waals surface area contributed by atoms with Gasteiger partial charge in [0.1, 0.15) is 0 Å². The van der Waals surface area contributed by atoms with Gasteiger partial charge in [-0.2, -0.15) is 0 Å². The maximum absolute atomic E-state index is 10.3. The summed E-state index contributed by atoms with van der Waals surface area (Å²) < 4.78 is 0. The number of anilines is 1. The van der Waals surface area contributed by atoms with Gasteiger partial charge < -0.3 is 10.4 Å². The molecule has 1 aromatic rings. The van der Waals surface area contributed by atoms with Crippen LogP contribution in [0.1, 0.15) is 0 Å². The van der Waals surface area contributed by atoms with E-state index in [1.54, 1.807) is 12.1 Å². The van der Waals surface area contributed by atoms with Crippen molar-refractivity contribution < 1.29 is 56.5 Å². The third kappa shape index (κ3) is 4.89. The summed E-state index contributed by atoms with van der Waals surface area (Å²) in [5.41, 5.74) is 0.738. The third-order valence-corrected chi connectivity index (χ3v) is 1.12. The molecule has 0 spiro atoms. The van der Waals surface area contributed by atoms with Gasteiger partial charge in [0.2, 0.25) is 0 Å². The minimum Gasteiger partial charge on any atom is -0.852 e. The van der Waals surface area contributed by atoms with Crippen LogP contribution in [0.5, 0.6) is 0 Å². The van der Waals surface area contributed by atoms with E-state index in [9.17, 15) is 5.11 Å². The minimum absolute atomic E-state index is 0. The number of hydrogen-bond donors (Lipinski definition) is 1. The molecule has 1 rings (SSSR count). The van der Waals surface area contributed by atoms with Crippen molar-refractivity contribution >= 4 is 23.1 Å². The van der Waals surface area contributed by atoms with Gasteiger partial charge in [0, 0.05) is 10.9 Å². The maximum Gasteiger partial charge on any atom is 1.00 e. The molecular formula is C7H6KNOS. The monoisotopic (exact) mass is 191 g/mol. The van der Waals surface area contributed by atoms with Crippen molar-refractivity contribution in [1.82, 2.24) is 0 Å². The van der Waals surface area contributed by atoms with E-state index in [0.29, 0.717) is 0 Å². The molecule has 0 saturated heterocycles. The van der Waals surface area contributed by atoms with Gasteiger partial charge >= 0.3 is 51.4 Å². The Morgan fingerprint density at radius 1 is 1.27 bits per heavy atom. The predicted octanol–water partition coefficient (Wildman–Crippen LogP) is -2.25. The number of thiocarbonyl (C=S) groups is 1. The van der Waals surface area contributed by atoms with Gasteiger partial charge in [-0.1, -0.05) is 30.4 Å². The number of para-hydroxylation sites is 1. The van der Waals surface area contributed by atoms with E-state index in [1.165, 1.54) is 0 Å². The molecule has 0 unspecified atom stereocenters. The molecule has 0 amide bonds. The van der Waals surface area contributed by atoms with Crippen LogP contribution in [0.4, 0.5) is 5.69 Å². The molecule has 2 nitrogen and oxygen atoms in total. The first kappa shape index (κ1) is 11.5. The van der Waals surface area contributed by atoms with Crippen LogP contribution in [0.3, 0.4) is 0 Å². The molecule has 0 aliphatic heterocycles. The van der Waals surface area contributed by atoms with E-state index >= 15 is 0 Å². The fraction of sp³-hybridized carbons (Fsp3) is 0. The van der Waals surface area contributed by atoms with Crippen LogP contribution in [-0.2, 0) is 0 Å². The van der Waals surface area contributed by atoms with Crippen molar-refractivity contribution in [2.75, 3.05) is 5.32 Å². The van der Waals surface area contributed by atoms with Gasteiger partial charge in [0.25, 0.3) is 0 Å². The molecule has 0 fully saturated rings. The Morgan fingerprint density at radius 2 is 1.82 bits per heavy atom. The fourth-order valence-electron chi connectivity index (χ4n) is 0.639. The van der Waals surface area contributed by atoms with Crippen molar-refractivity contribution in [3.05, 3.63) is 30.3 Å². The second-order valence-electron chi connectivity index (χ2n) is 1.78. The molecule has 1 N–H and O–H groups in total. The van der Waals surface area contributed by atoms with Crippen LogP contribution in [-0.4, -0.2) is 5.17 Å². The molecule has 0 radical (unpaired) electrons. The van der Waals surface area contributed by atoms with Crippen molar-refractivity contribution in [1.29, 1.82) is 0 Å². The second-order valence-corrected chi connectivity index (χ2v) is 2.15. The predicted molar refractivity (Wildman–Crippen MR) is 42.7 cm³/mol. The van der Waals surface area contributed by atoms with Crippen LogP contribution >= 0.6 is 12.2 Å². The zero-order valence-electron chi connectivity index (χ0n) is 6.20. The van der Waals surface area contributed by atoms with Crippen LogP contribution < -0.4 is 61.8 Å². The van der Waals surface area contributed by atoms with Gasteiger partial charge in [0.05, 0.1) is 0 Å². The molecule has 1 aromatic carbocycles. The van der Waals surface area contributed by atoms with Crippen LogP contribution in [0.25, 0.3) is 0 Å².